The van der Waals surface area contributed by atoms with Crippen molar-refractivity contribution in [2.24, 2.45) is 0 Å². The van der Waals surface area contributed by atoms with Crippen LogP contribution in [0.1, 0.15) is 6.42 Å². The Morgan fingerprint density at radius 2 is 2.07 bits per heavy atom. The van der Waals surface area contributed by atoms with Gasteiger partial charge in [-0.3, -0.25) is 0 Å². The first-order chi connectivity index (χ1) is 5.95. The standard InChI is InChI=1S/C9H19N2O2.ClH/c1-5-9(12)13-10-7-6-8-11(2,3)4;/h5,10H,1,6-8H2,2-4H3;1H/q+1;/p-1. The topological polar surface area (TPSA) is 38.3 Å². The summed E-state index contributed by atoms with van der Waals surface area (Å²) >= 11 is 0. The number of quaternary nitrogens is 1. The number of carbonyl (C=O) groups is 1. The third-order valence-corrected chi connectivity index (χ3v) is 1.45. The van der Waals surface area contributed by atoms with Crippen LogP contribution in [0.3, 0.4) is 0 Å². The Labute approximate surface area is 91.9 Å². The fourth-order valence-corrected chi connectivity index (χ4v) is 0.789. The summed E-state index contributed by atoms with van der Waals surface area (Å²) in [7, 11) is 6.36. The van der Waals surface area contributed by atoms with E-state index in [2.05, 4.69) is 38.0 Å². The Balaban J connectivity index is 0. The molecule has 0 aromatic carbocycles. The predicted molar refractivity (Wildman–Crippen MR) is 51.8 cm³/mol. The highest BCUT2D eigenvalue weighted by Crippen LogP contribution is 1.91. The monoisotopic (exact) mass is 222 g/mol. The van der Waals surface area contributed by atoms with Crippen molar-refractivity contribution < 1.29 is 26.5 Å². The van der Waals surface area contributed by atoms with Crippen LogP contribution in [0.2, 0.25) is 0 Å². The van der Waals surface area contributed by atoms with Gasteiger partial charge in [0.2, 0.25) is 0 Å². The number of hydroxylamine groups is 1. The van der Waals surface area contributed by atoms with E-state index in [-0.39, 0.29) is 12.4 Å². The second-order valence-electron chi connectivity index (χ2n) is 3.89. The molecule has 0 bridgehead atoms. The molecule has 1 N–H and O–H groups in total. The van der Waals surface area contributed by atoms with Crippen LogP contribution in [0.25, 0.3) is 0 Å². The molecule has 5 heteroatoms. The SMILES string of the molecule is C=CC(=O)ONCCC[N+](C)(C)C.[Cl-]. The minimum Gasteiger partial charge on any atom is -1.00 e. The van der Waals surface area contributed by atoms with Crippen molar-refractivity contribution in [3.8, 4) is 0 Å². The van der Waals surface area contributed by atoms with E-state index >= 15 is 0 Å². The summed E-state index contributed by atoms with van der Waals surface area (Å²) in [5, 5.41) is 0. The van der Waals surface area contributed by atoms with Gasteiger partial charge < -0.3 is 21.7 Å². The lowest BCUT2D eigenvalue weighted by Gasteiger charge is -2.23. The molecule has 0 aliphatic heterocycles. The quantitative estimate of drug-likeness (QED) is 0.231. The zero-order chi connectivity index (χ0) is 10.3. The second-order valence-corrected chi connectivity index (χ2v) is 3.89. The molecule has 84 valence electrons. The maximum absolute atomic E-state index is 10.6. The third kappa shape index (κ3) is 11.4. The zero-order valence-electron chi connectivity index (χ0n) is 9.05. The highest BCUT2D eigenvalue weighted by Gasteiger charge is 2.05. The van der Waals surface area contributed by atoms with Crippen molar-refractivity contribution in [3.05, 3.63) is 12.7 Å². The molecule has 0 aliphatic carbocycles. The van der Waals surface area contributed by atoms with E-state index in [4.69, 9.17) is 0 Å². The van der Waals surface area contributed by atoms with Crippen molar-refractivity contribution in [1.82, 2.24) is 5.48 Å². The number of hydrogen-bond acceptors (Lipinski definition) is 3. The average Bonchev–Trinajstić information content (AvgIpc) is 2.01. The van der Waals surface area contributed by atoms with Crippen molar-refractivity contribution in [2.75, 3.05) is 34.2 Å². The zero-order valence-corrected chi connectivity index (χ0v) is 9.80. The Morgan fingerprint density at radius 1 is 1.50 bits per heavy atom. The van der Waals surface area contributed by atoms with Crippen LogP contribution in [0, 0.1) is 0 Å². The Morgan fingerprint density at radius 3 is 2.50 bits per heavy atom. The Kier molecular flexibility index (Phi) is 8.83. The van der Waals surface area contributed by atoms with E-state index in [1.54, 1.807) is 0 Å². The highest BCUT2D eigenvalue weighted by atomic mass is 35.5. The first kappa shape index (κ1) is 15.9. The molecule has 0 unspecified atom stereocenters. The van der Waals surface area contributed by atoms with Gasteiger partial charge in [-0.15, -0.1) is 0 Å². The minimum absolute atomic E-state index is 0. The van der Waals surface area contributed by atoms with Gasteiger partial charge in [0.1, 0.15) is 0 Å². The van der Waals surface area contributed by atoms with Crippen molar-refractivity contribution in [2.45, 2.75) is 6.42 Å². The summed E-state index contributed by atoms with van der Waals surface area (Å²) in [5.74, 6) is -0.440. The van der Waals surface area contributed by atoms with Crippen LogP contribution < -0.4 is 17.9 Å². The first-order valence-electron chi connectivity index (χ1n) is 4.32. The predicted octanol–water partition coefficient (Wildman–Crippen LogP) is -2.68. The second kappa shape index (κ2) is 7.79. The molecule has 4 nitrogen and oxygen atoms in total. The van der Waals surface area contributed by atoms with Crippen LogP contribution in [-0.2, 0) is 9.63 Å². The van der Waals surface area contributed by atoms with Crippen LogP contribution in [-0.4, -0.2) is 44.7 Å². The smallest absolute Gasteiger partial charge is 0.348 e. The summed E-state index contributed by atoms with van der Waals surface area (Å²) in [6, 6.07) is 0. The molecular formula is C9H19ClN2O2. The number of rotatable bonds is 6. The molecule has 0 aromatic rings. The molecule has 0 radical (unpaired) electrons. The Bertz CT molecular complexity index is 178. The fourth-order valence-electron chi connectivity index (χ4n) is 0.789. The van der Waals surface area contributed by atoms with Gasteiger partial charge in [0.25, 0.3) is 0 Å². The van der Waals surface area contributed by atoms with Crippen LogP contribution in [0.5, 0.6) is 0 Å². The lowest BCUT2D eigenvalue weighted by Crippen LogP contribution is -3.00. The maximum Gasteiger partial charge on any atom is 0.348 e. The summed E-state index contributed by atoms with van der Waals surface area (Å²) in [4.78, 5) is 15.2. The molecule has 14 heavy (non-hydrogen) atoms. The normalized spacial score (nSPS) is 10.2. The minimum atomic E-state index is -0.440. The van der Waals surface area contributed by atoms with Crippen molar-refractivity contribution in [1.29, 1.82) is 0 Å². The van der Waals surface area contributed by atoms with Crippen molar-refractivity contribution in [3.63, 3.8) is 0 Å². The molecule has 0 aromatic heterocycles. The fraction of sp³-hybridized carbons (Fsp3) is 0.667. The van der Waals surface area contributed by atoms with E-state index in [1.165, 1.54) is 0 Å². The van der Waals surface area contributed by atoms with E-state index in [1.807, 2.05) is 0 Å². The average molecular weight is 223 g/mol. The van der Waals surface area contributed by atoms with E-state index in [0.717, 1.165) is 23.5 Å². The molecule has 0 spiro atoms. The molecule has 0 heterocycles. The van der Waals surface area contributed by atoms with Gasteiger partial charge in [-0.2, -0.15) is 5.48 Å². The van der Waals surface area contributed by atoms with E-state index in [0.29, 0.717) is 6.54 Å². The lowest BCUT2D eigenvalue weighted by molar-refractivity contribution is -0.870. The number of halogens is 1. The summed E-state index contributed by atoms with van der Waals surface area (Å²) in [6.45, 7) is 5.00. The molecule has 0 rings (SSSR count). The molecular weight excluding hydrogens is 204 g/mol. The van der Waals surface area contributed by atoms with Crippen LogP contribution >= 0.6 is 0 Å². The summed E-state index contributed by atoms with van der Waals surface area (Å²) < 4.78 is 0.914. The number of hydrogen-bond donors (Lipinski definition) is 1. The summed E-state index contributed by atoms with van der Waals surface area (Å²) in [5.41, 5.74) is 2.58. The maximum atomic E-state index is 10.6. The molecule has 0 fully saturated rings. The highest BCUT2D eigenvalue weighted by molar-refractivity contribution is 5.80. The van der Waals surface area contributed by atoms with Gasteiger partial charge in [0, 0.05) is 19.0 Å². The number of nitrogens with zero attached hydrogens (tertiary/aromatic N) is 1. The van der Waals surface area contributed by atoms with Gasteiger partial charge in [-0.25, -0.2) is 4.79 Å². The molecule has 0 amide bonds. The first-order valence-corrected chi connectivity index (χ1v) is 4.32. The van der Waals surface area contributed by atoms with E-state index in [9.17, 15) is 4.79 Å². The molecule has 0 atom stereocenters. The van der Waals surface area contributed by atoms with Gasteiger partial charge >= 0.3 is 5.97 Å². The Hall–Kier alpha value is -0.580. The third-order valence-electron chi connectivity index (χ3n) is 1.45. The van der Waals surface area contributed by atoms with Gasteiger partial charge in [-0.1, -0.05) is 6.58 Å². The largest absolute Gasteiger partial charge is 1.00 e. The number of nitrogens with one attached hydrogen (secondary N) is 1. The lowest BCUT2D eigenvalue weighted by atomic mass is 10.4. The van der Waals surface area contributed by atoms with Crippen molar-refractivity contribution >= 4 is 5.97 Å². The molecule has 0 saturated carbocycles. The number of carbonyl (C=O) groups excluding carboxylic acids is 1. The summed E-state index contributed by atoms with van der Waals surface area (Å²) in [6.07, 6.45) is 2.10. The van der Waals surface area contributed by atoms with Gasteiger partial charge in [0.05, 0.1) is 27.7 Å². The molecule has 0 aliphatic rings. The van der Waals surface area contributed by atoms with Crippen LogP contribution in [0.15, 0.2) is 12.7 Å². The van der Waals surface area contributed by atoms with Crippen LogP contribution in [0.4, 0.5) is 0 Å². The van der Waals surface area contributed by atoms with Gasteiger partial charge in [0.15, 0.2) is 0 Å². The molecule has 0 saturated heterocycles. The van der Waals surface area contributed by atoms with Gasteiger partial charge in [-0.05, 0) is 0 Å². The van der Waals surface area contributed by atoms with E-state index < -0.39 is 5.97 Å².